The smallest absolute Gasteiger partial charge is 0.222 e. The minimum absolute atomic E-state index is 0.00966. The van der Waals surface area contributed by atoms with Crippen molar-refractivity contribution in [1.29, 1.82) is 0 Å². The molecule has 0 unspecified atom stereocenters. The molecule has 2 aromatic rings. The molecule has 3 rings (SSSR count). The zero-order valence-electron chi connectivity index (χ0n) is 15.9. The predicted molar refractivity (Wildman–Crippen MR) is 104 cm³/mol. The number of carboxylic acids is 1. The predicted octanol–water partition coefficient (Wildman–Crippen LogP) is 2.08. The van der Waals surface area contributed by atoms with Crippen LogP contribution in [-0.2, 0) is 15.2 Å². The number of likely N-dealkylation sites (tertiary alicyclic amines) is 1. The molecule has 5 heteroatoms. The largest absolute Gasteiger partial charge is 0.550 e. The molecule has 1 N–H and O–H groups in total. The van der Waals surface area contributed by atoms with Crippen molar-refractivity contribution in [2.45, 2.75) is 37.7 Å². The van der Waals surface area contributed by atoms with Crippen molar-refractivity contribution in [2.75, 3.05) is 13.1 Å². The first kappa shape index (κ1) is 20.1. The van der Waals surface area contributed by atoms with E-state index in [0.29, 0.717) is 32.4 Å². The maximum atomic E-state index is 12.3. The lowest BCUT2D eigenvalue weighted by atomic mass is 9.72. The first-order valence-corrected chi connectivity index (χ1v) is 9.83. The number of piperidine rings is 1. The van der Waals surface area contributed by atoms with Crippen molar-refractivity contribution in [2.24, 2.45) is 5.92 Å². The number of benzene rings is 2. The Hall–Kier alpha value is -2.66. The summed E-state index contributed by atoms with van der Waals surface area (Å²) in [7, 11) is 0. The summed E-state index contributed by atoms with van der Waals surface area (Å²) in [6.45, 7) is 1.13. The van der Waals surface area contributed by atoms with Crippen molar-refractivity contribution in [3.8, 4) is 0 Å². The Morgan fingerprint density at radius 1 is 0.929 bits per heavy atom. The van der Waals surface area contributed by atoms with Crippen LogP contribution in [0.15, 0.2) is 60.7 Å². The number of aliphatic carboxylic acids is 1. The van der Waals surface area contributed by atoms with Crippen LogP contribution in [0.5, 0.6) is 0 Å². The first-order valence-electron chi connectivity index (χ1n) is 9.83. The third-order valence-corrected chi connectivity index (χ3v) is 5.64. The summed E-state index contributed by atoms with van der Waals surface area (Å²) >= 11 is 0. The Kier molecular flexibility index (Phi) is 6.47. The molecular formula is C23H26NO4-. The summed E-state index contributed by atoms with van der Waals surface area (Å²) in [5.41, 5.74) is 0.618. The Morgan fingerprint density at radius 2 is 1.43 bits per heavy atom. The summed E-state index contributed by atoms with van der Waals surface area (Å²) < 4.78 is 0. The molecule has 0 aromatic heterocycles. The quantitative estimate of drug-likeness (QED) is 0.797. The van der Waals surface area contributed by atoms with Gasteiger partial charge in [0.25, 0.3) is 0 Å². The van der Waals surface area contributed by atoms with Gasteiger partial charge in [-0.25, -0.2) is 0 Å². The van der Waals surface area contributed by atoms with Gasteiger partial charge in [-0.15, -0.1) is 0 Å². The van der Waals surface area contributed by atoms with E-state index in [1.54, 1.807) is 4.90 Å². The molecule has 28 heavy (non-hydrogen) atoms. The van der Waals surface area contributed by atoms with E-state index in [9.17, 15) is 19.8 Å². The molecule has 1 aliphatic heterocycles. The maximum absolute atomic E-state index is 12.3. The Balaban J connectivity index is 1.72. The summed E-state index contributed by atoms with van der Waals surface area (Å²) in [6.07, 6.45) is 1.81. The van der Waals surface area contributed by atoms with Crippen LogP contribution in [0.3, 0.4) is 0 Å². The SMILES string of the molecule is O=C([O-])CCCC(=O)N1CCC(C(O)(c2ccccc2)c2ccccc2)CC1. The average molecular weight is 380 g/mol. The zero-order valence-corrected chi connectivity index (χ0v) is 15.9. The van der Waals surface area contributed by atoms with Gasteiger partial charge < -0.3 is 19.9 Å². The topological polar surface area (TPSA) is 80.7 Å². The van der Waals surface area contributed by atoms with Crippen LogP contribution in [0.1, 0.15) is 43.2 Å². The molecule has 0 spiro atoms. The molecule has 0 radical (unpaired) electrons. The number of carbonyl (C=O) groups is 2. The van der Waals surface area contributed by atoms with Crippen LogP contribution in [0.4, 0.5) is 0 Å². The minimum atomic E-state index is -1.12. The van der Waals surface area contributed by atoms with Crippen molar-refractivity contribution < 1.29 is 19.8 Å². The van der Waals surface area contributed by atoms with E-state index in [1.165, 1.54) is 0 Å². The van der Waals surface area contributed by atoms with Crippen LogP contribution in [-0.4, -0.2) is 35.0 Å². The van der Waals surface area contributed by atoms with E-state index in [0.717, 1.165) is 11.1 Å². The lowest BCUT2D eigenvalue weighted by Crippen LogP contribution is -2.46. The van der Waals surface area contributed by atoms with Crippen molar-refractivity contribution >= 4 is 11.9 Å². The Bertz CT molecular complexity index is 743. The Morgan fingerprint density at radius 3 is 1.89 bits per heavy atom. The molecule has 148 valence electrons. The number of carboxylic acid groups (broad SMARTS) is 1. The molecule has 2 aromatic carbocycles. The monoisotopic (exact) mass is 380 g/mol. The molecule has 0 atom stereocenters. The third kappa shape index (κ3) is 4.42. The highest BCUT2D eigenvalue weighted by Gasteiger charge is 2.41. The van der Waals surface area contributed by atoms with Crippen LogP contribution >= 0.6 is 0 Å². The highest BCUT2D eigenvalue weighted by molar-refractivity contribution is 5.76. The normalized spacial score (nSPS) is 15.4. The fourth-order valence-corrected chi connectivity index (χ4v) is 4.11. The lowest BCUT2D eigenvalue weighted by Gasteiger charge is -2.42. The van der Waals surface area contributed by atoms with Crippen LogP contribution in [0.25, 0.3) is 0 Å². The third-order valence-electron chi connectivity index (χ3n) is 5.64. The maximum Gasteiger partial charge on any atom is 0.222 e. The number of aliphatic hydroxyl groups is 1. The van der Waals surface area contributed by atoms with Crippen molar-refractivity contribution in [1.82, 2.24) is 4.90 Å². The van der Waals surface area contributed by atoms with Crippen molar-refractivity contribution in [3.05, 3.63) is 71.8 Å². The molecule has 0 aliphatic carbocycles. The highest BCUT2D eigenvalue weighted by Crippen LogP contribution is 2.41. The van der Waals surface area contributed by atoms with Crippen molar-refractivity contribution in [3.63, 3.8) is 0 Å². The minimum Gasteiger partial charge on any atom is -0.550 e. The number of hydrogen-bond donors (Lipinski definition) is 1. The summed E-state index contributed by atoms with van der Waals surface area (Å²) in [6, 6.07) is 19.4. The van der Waals surface area contributed by atoms with E-state index >= 15 is 0 Å². The van der Waals surface area contributed by atoms with Gasteiger partial charge in [0.2, 0.25) is 5.91 Å². The number of carbonyl (C=O) groups excluding carboxylic acids is 2. The van der Waals surface area contributed by atoms with Gasteiger partial charge in [0.05, 0.1) is 0 Å². The first-order chi connectivity index (χ1) is 13.5. The zero-order chi connectivity index (χ0) is 20.0. The Labute approximate surface area is 165 Å². The second-order valence-corrected chi connectivity index (χ2v) is 7.38. The molecule has 5 nitrogen and oxygen atoms in total. The van der Waals surface area contributed by atoms with Gasteiger partial charge >= 0.3 is 0 Å². The standard InChI is InChI=1S/C23H27NO4/c25-21(12-7-13-22(26)27)24-16-14-20(15-17-24)23(28,18-8-3-1-4-9-18)19-10-5-2-6-11-19/h1-6,8-11,20,28H,7,12-17H2,(H,26,27)/p-1. The van der Waals surface area contributed by atoms with Crippen LogP contribution in [0, 0.1) is 5.92 Å². The number of amides is 1. The summed E-state index contributed by atoms with van der Waals surface area (Å²) in [5.74, 6) is -1.16. The average Bonchev–Trinajstić information content (AvgIpc) is 2.74. The summed E-state index contributed by atoms with van der Waals surface area (Å²) in [5, 5.41) is 22.3. The molecule has 0 bridgehead atoms. The van der Waals surface area contributed by atoms with E-state index in [-0.39, 0.29) is 24.7 Å². The van der Waals surface area contributed by atoms with Crippen LogP contribution < -0.4 is 5.11 Å². The van der Waals surface area contributed by atoms with Gasteiger partial charge in [-0.1, -0.05) is 60.7 Å². The van der Waals surface area contributed by atoms with Gasteiger partial charge in [-0.2, -0.15) is 0 Å². The molecule has 1 amide bonds. The fraction of sp³-hybridized carbons (Fsp3) is 0.391. The van der Waals surface area contributed by atoms with Gasteiger partial charge in [0.1, 0.15) is 5.60 Å². The molecule has 1 saturated heterocycles. The molecule has 1 fully saturated rings. The van der Waals surface area contributed by atoms with E-state index in [4.69, 9.17) is 0 Å². The number of nitrogens with zero attached hydrogens (tertiary/aromatic N) is 1. The van der Waals surface area contributed by atoms with Crippen LogP contribution in [0.2, 0.25) is 0 Å². The van der Waals surface area contributed by atoms with Gasteiger partial charge in [0, 0.05) is 25.5 Å². The summed E-state index contributed by atoms with van der Waals surface area (Å²) in [4.78, 5) is 24.6. The fourth-order valence-electron chi connectivity index (χ4n) is 4.11. The van der Waals surface area contributed by atoms with E-state index in [1.807, 2.05) is 60.7 Å². The number of rotatable bonds is 7. The van der Waals surface area contributed by atoms with Gasteiger partial charge in [0.15, 0.2) is 0 Å². The van der Waals surface area contributed by atoms with E-state index < -0.39 is 11.6 Å². The second-order valence-electron chi connectivity index (χ2n) is 7.38. The molecular weight excluding hydrogens is 354 g/mol. The molecule has 1 aliphatic rings. The highest BCUT2D eigenvalue weighted by atomic mass is 16.4. The van der Waals surface area contributed by atoms with Gasteiger partial charge in [-0.3, -0.25) is 4.79 Å². The molecule has 1 heterocycles. The van der Waals surface area contributed by atoms with Gasteiger partial charge in [-0.05, 0) is 42.7 Å². The lowest BCUT2D eigenvalue weighted by molar-refractivity contribution is -0.305. The van der Waals surface area contributed by atoms with E-state index in [2.05, 4.69) is 0 Å². The number of hydrogen-bond acceptors (Lipinski definition) is 4. The second kappa shape index (κ2) is 9.02. The molecule has 0 saturated carbocycles.